The standard InChI is InChI=1S/C21H19N5O5.C16H23BO5.C12H17BO3.C4H7BrO2/c1-3-30-16-10-13(12-5-4-6-14(9-12)31-11(2)21(28)29)7-8-15(16)18-22-19-17(20(27)23-18)24-26-25-19;1-11(14(18)19-6)20-13-9-7-8-12(10-13)17-21-15(2,3)16(4,5)22-17;1-11(2)12(3,4)16-13(15-11)9-6-5-7-10(14)8-9;1-3(5)4(6)7-2/h4-11H,3H2,1-2H3,(H,28,29)(H2,22,23,24,25,26,27);7-11H,1-6H3;5-8,14H,1-4H3;3H,1-2H3. The summed E-state index contributed by atoms with van der Waals surface area (Å²) in [5.74, 6) is 0.388. The highest BCUT2D eigenvalue weighted by molar-refractivity contribution is 9.10. The lowest BCUT2D eigenvalue weighted by Crippen LogP contribution is -2.41. The predicted molar refractivity (Wildman–Crippen MR) is 291 cm³/mol. The van der Waals surface area contributed by atoms with Crippen LogP contribution in [0, 0.1) is 0 Å². The number of carbonyl (C=O) groups is 3. The van der Waals surface area contributed by atoms with Gasteiger partial charge in [-0.1, -0.05) is 58.4 Å². The van der Waals surface area contributed by atoms with Gasteiger partial charge in [-0.2, -0.15) is 5.21 Å². The van der Waals surface area contributed by atoms with E-state index >= 15 is 0 Å². The topological polar surface area (TPSA) is 262 Å². The molecule has 4 N–H and O–H groups in total. The molecule has 76 heavy (non-hydrogen) atoms. The quantitative estimate of drug-likeness (QED) is 0.0507. The number of halogens is 1. The Hall–Kier alpha value is -6.78. The second-order valence-electron chi connectivity index (χ2n) is 19.4. The van der Waals surface area contributed by atoms with Gasteiger partial charge >= 0.3 is 32.1 Å². The van der Waals surface area contributed by atoms with E-state index in [0.717, 1.165) is 22.1 Å². The van der Waals surface area contributed by atoms with Crippen molar-refractivity contribution >= 4 is 70.2 Å². The van der Waals surface area contributed by atoms with Crippen LogP contribution < -0.4 is 30.7 Å². The SMILES string of the molecule is CC1(C)OB(c2cccc(O)c2)OC1(C)C.CCOc1cc(-c2cccc(OC(C)C(=O)O)c2)ccc1-c1nc2n[nH]nc2c(=O)[nH]1.COC(=O)C(C)Br.COC(=O)C(C)Oc1cccc(B2OC(C)(C)C(C)(C)O2)c1. The molecule has 0 saturated carbocycles. The fraction of sp³-hybridized carbons (Fsp3) is 0.415. The summed E-state index contributed by atoms with van der Waals surface area (Å²) in [4.78, 5) is 51.9. The van der Waals surface area contributed by atoms with Gasteiger partial charge < -0.3 is 57.5 Å². The molecular weight excluding hydrogens is 1050 g/mol. The number of nitrogens with one attached hydrogen (secondary N) is 2. The van der Waals surface area contributed by atoms with Gasteiger partial charge in [0.05, 0.1) is 48.8 Å². The number of carboxylic acid groups (broad SMARTS) is 1. The Labute approximate surface area is 450 Å². The Bertz CT molecular complexity index is 2990. The normalized spacial score (nSPS) is 16.7. The van der Waals surface area contributed by atoms with Crippen LogP contribution in [0.3, 0.4) is 0 Å². The summed E-state index contributed by atoms with van der Waals surface area (Å²) < 4.78 is 49.6. The Balaban J connectivity index is 0.000000207. The van der Waals surface area contributed by atoms with E-state index in [1.54, 1.807) is 62.4 Å². The first-order valence-electron chi connectivity index (χ1n) is 24.3. The summed E-state index contributed by atoms with van der Waals surface area (Å²) in [5.41, 5.74) is 2.40. The predicted octanol–water partition coefficient (Wildman–Crippen LogP) is 7.19. The van der Waals surface area contributed by atoms with Crippen molar-refractivity contribution in [3.8, 4) is 45.5 Å². The zero-order chi connectivity index (χ0) is 56.3. The van der Waals surface area contributed by atoms with Gasteiger partial charge in [0.25, 0.3) is 5.56 Å². The van der Waals surface area contributed by atoms with Crippen LogP contribution >= 0.6 is 15.9 Å². The minimum absolute atomic E-state index is 0.130. The van der Waals surface area contributed by atoms with Crippen molar-refractivity contribution in [2.45, 2.75) is 123 Å². The number of aromatic hydroxyl groups is 1. The first-order chi connectivity index (χ1) is 35.6. The second kappa shape index (κ2) is 25.4. The van der Waals surface area contributed by atoms with Gasteiger partial charge in [-0.15, -0.1) is 10.2 Å². The van der Waals surface area contributed by atoms with Gasteiger partial charge in [0, 0.05) is 0 Å². The summed E-state index contributed by atoms with van der Waals surface area (Å²) in [6.07, 6.45) is -1.63. The van der Waals surface area contributed by atoms with E-state index in [-0.39, 0.29) is 38.9 Å². The van der Waals surface area contributed by atoms with E-state index in [9.17, 15) is 24.3 Å². The van der Waals surface area contributed by atoms with Crippen LogP contribution in [0.15, 0.2) is 95.8 Å². The number of H-pyrrole nitrogens is 2. The average Bonchev–Trinajstić information content (AvgIpc) is 4.00. The number of carbonyl (C=O) groups excluding carboxylic acids is 2. The minimum Gasteiger partial charge on any atom is -0.508 e. The number of rotatable bonds is 13. The highest BCUT2D eigenvalue weighted by Gasteiger charge is 2.52. The molecule has 2 aliphatic heterocycles. The summed E-state index contributed by atoms with van der Waals surface area (Å²) >= 11 is 3.03. The van der Waals surface area contributed by atoms with Crippen LogP contribution in [0.25, 0.3) is 33.7 Å². The maximum absolute atomic E-state index is 12.3. The van der Waals surface area contributed by atoms with Gasteiger partial charge in [-0.25, -0.2) is 14.6 Å². The molecule has 0 bridgehead atoms. The van der Waals surface area contributed by atoms with E-state index < -0.39 is 55.1 Å². The zero-order valence-corrected chi connectivity index (χ0v) is 46.8. The molecule has 4 aromatic carbocycles. The number of phenolic OH excluding ortho intramolecular Hbond substituents is 1. The lowest BCUT2D eigenvalue weighted by molar-refractivity contribution is -0.148. The number of carboxylic acids is 1. The smallest absolute Gasteiger partial charge is 0.494 e. The van der Waals surface area contributed by atoms with Gasteiger partial charge in [-0.05, 0) is 154 Å². The molecule has 20 nitrogen and oxygen atoms in total. The number of esters is 2. The number of fused-ring (bicyclic) bond motifs is 1. The second-order valence-corrected chi connectivity index (χ2v) is 20.8. The average molecular weight is 1110 g/mol. The first-order valence-corrected chi connectivity index (χ1v) is 25.2. The van der Waals surface area contributed by atoms with Crippen molar-refractivity contribution in [3.05, 3.63) is 101 Å². The van der Waals surface area contributed by atoms with E-state index in [1.807, 2.05) is 105 Å². The van der Waals surface area contributed by atoms with Gasteiger partial charge in [0.15, 0.2) is 17.7 Å². The number of benzene rings is 4. The molecule has 3 atom stereocenters. The van der Waals surface area contributed by atoms with Crippen LogP contribution in [0.4, 0.5) is 0 Å². The summed E-state index contributed by atoms with van der Waals surface area (Å²) in [6.45, 7) is 23.2. The molecule has 0 aliphatic carbocycles. The number of aliphatic carboxylic acids is 1. The van der Waals surface area contributed by atoms with Crippen LogP contribution in [-0.2, 0) is 42.5 Å². The molecule has 3 unspecified atom stereocenters. The van der Waals surface area contributed by atoms with Crippen LogP contribution in [-0.4, -0.2) is 128 Å². The third-order valence-electron chi connectivity index (χ3n) is 12.7. The monoisotopic (exact) mass is 1110 g/mol. The van der Waals surface area contributed by atoms with Crippen molar-refractivity contribution in [2.24, 2.45) is 0 Å². The number of hydrogen-bond acceptors (Lipinski definition) is 17. The fourth-order valence-corrected chi connectivity index (χ4v) is 7.19. The van der Waals surface area contributed by atoms with Crippen LogP contribution in [0.1, 0.15) is 83.1 Å². The highest BCUT2D eigenvalue weighted by atomic mass is 79.9. The number of ether oxygens (including phenoxy) is 5. The molecule has 0 amide bonds. The number of methoxy groups -OCH3 is 2. The molecule has 2 saturated heterocycles. The molecule has 0 radical (unpaired) electrons. The minimum atomic E-state index is -1.04. The Morgan fingerprint density at radius 3 is 1.71 bits per heavy atom. The van der Waals surface area contributed by atoms with E-state index in [4.69, 9.17) is 37.9 Å². The molecule has 0 spiro atoms. The van der Waals surface area contributed by atoms with Gasteiger partial charge in [0.2, 0.25) is 5.65 Å². The van der Waals surface area contributed by atoms with E-state index in [0.29, 0.717) is 35.2 Å². The third kappa shape index (κ3) is 15.2. The molecular formula is C53H66B2BrN5O15. The number of alkyl halides is 1. The molecule has 2 aromatic heterocycles. The molecule has 4 heterocycles. The number of aromatic amines is 2. The van der Waals surface area contributed by atoms with Crippen molar-refractivity contribution < 1.29 is 66.9 Å². The molecule has 2 fully saturated rings. The molecule has 6 aromatic rings. The molecule has 8 rings (SSSR count). The third-order valence-corrected chi connectivity index (χ3v) is 13.1. The largest absolute Gasteiger partial charge is 0.508 e. The number of phenols is 1. The van der Waals surface area contributed by atoms with Gasteiger partial charge in [0.1, 0.15) is 33.6 Å². The summed E-state index contributed by atoms with van der Waals surface area (Å²) in [6, 6.07) is 26.9. The fourth-order valence-electron chi connectivity index (χ4n) is 7.00. The van der Waals surface area contributed by atoms with Crippen molar-refractivity contribution in [2.75, 3.05) is 20.8 Å². The number of hydrogen-bond donors (Lipinski definition) is 4. The lowest BCUT2D eigenvalue weighted by Gasteiger charge is -2.32. The molecule has 2 aliphatic rings. The maximum Gasteiger partial charge on any atom is 0.494 e. The van der Waals surface area contributed by atoms with Gasteiger partial charge in [-0.3, -0.25) is 9.59 Å². The zero-order valence-electron chi connectivity index (χ0n) is 45.2. The Kier molecular flexibility index (Phi) is 20.1. The molecule has 406 valence electrons. The van der Waals surface area contributed by atoms with Crippen LogP contribution in [0.5, 0.6) is 23.0 Å². The van der Waals surface area contributed by atoms with Crippen LogP contribution in [0.2, 0.25) is 0 Å². The van der Waals surface area contributed by atoms with Crippen molar-refractivity contribution in [3.63, 3.8) is 0 Å². The Morgan fingerprint density at radius 1 is 0.684 bits per heavy atom. The molecule has 23 heteroatoms. The number of nitrogens with zero attached hydrogens (tertiary/aromatic N) is 3. The maximum atomic E-state index is 12.3. The number of aromatic nitrogens is 5. The highest BCUT2D eigenvalue weighted by Crippen LogP contribution is 2.38. The van der Waals surface area contributed by atoms with E-state index in [1.165, 1.54) is 21.1 Å². The van der Waals surface area contributed by atoms with Crippen molar-refractivity contribution in [1.29, 1.82) is 0 Å². The van der Waals surface area contributed by atoms with Crippen molar-refractivity contribution in [1.82, 2.24) is 25.4 Å². The first kappa shape index (κ1) is 60.1. The summed E-state index contributed by atoms with van der Waals surface area (Å²) in [5, 5.41) is 28.5. The lowest BCUT2D eigenvalue weighted by atomic mass is 9.79. The summed E-state index contributed by atoms with van der Waals surface area (Å²) in [7, 11) is 1.84. The Morgan fingerprint density at radius 2 is 1.20 bits per heavy atom. The van der Waals surface area contributed by atoms with E-state index in [2.05, 4.69) is 50.8 Å².